The second-order valence-electron chi connectivity index (χ2n) is 3.85. The molecule has 0 amide bonds. The Bertz CT molecular complexity index is 154. The van der Waals surface area contributed by atoms with Crippen LogP contribution in [0.4, 0.5) is 0 Å². The number of Topliss-reactive ketones (excluding diaryl/α,β-unsaturated/α-hetero) is 1. The van der Waals surface area contributed by atoms with Crippen LogP contribution in [0.3, 0.4) is 0 Å². The van der Waals surface area contributed by atoms with Crippen molar-refractivity contribution in [3.05, 3.63) is 0 Å². The third kappa shape index (κ3) is 2.94. The van der Waals surface area contributed by atoms with Crippen molar-refractivity contribution in [3.8, 4) is 0 Å². The number of carbonyl (C=O) groups excluding carboxylic acids is 1. The van der Waals surface area contributed by atoms with Crippen LogP contribution < -0.4 is 0 Å². The van der Waals surface area contributed by atoms with Gasteiger partial charge in [-0.15, -0.1) is 0 Å². The van der Waals surface area contributed by atoms with Crippen LogP contribution in [0.1, 0.15) is 45.4 Å². The van der Waals surface area contributed by atoms with Crippen molar-refractivity contribution < 1.29 is 9.90 Å². The van der Waals surface area contributed by atoms with E-state index in [0.29, 0.717) is 12.3 Å². The minimum atomic E-state index is -0.141. The summed E-state index contributed by atoms with van der Waals surface area (Å²) in [4.78, 5) is 10.7. The second kappa shape index (κ2) is 4.61. The second-order valence-corrected chi connectivity index (χ2v) is 3.85. The smallest absolute Gasteiger partial charge is 0.129 e. The summed E-state index contributed by atoms with van der Waals surface area (Å²) in [5, 5.41) is 9.57. The zero-order valence-electron chi connectivity index (χ0n) is 7.75. The molecule has 1 aliphatic rings. The molecule has 0 spiro atoms. The summed E-state index contributed by atoms with van der Waals surface area (Å²) in [6, 6.07) is 0. The lowest BCUT2D eigenvalue weighted by molar-refractivity contribution is -0.117. The molecule has 0 aromatic heterocycles. The fourth-order valence-electron chi connectivity index (χ4n) is 1.91. The first kappa shape index (κ1) is 9.72. The summed E-state index contributed by atoms with van der Waals surface area (Å²) in [5.74, 6) is 0.635. The summed E-state index contributed by atoms with van der Waals surface area (Å²) in [7, 11) is 0. The standard InChI is InChI=1S/C10H18O2/c1-8(11)6-7-9-4-2-3-5-10(9)12/h9-10,12H,2-7H2,1H3. The molecule has 2 nitrogen and oxygen atoms in total. The van der Waals surface area contributed by atoms with Crippen LogP contribution in [-0.2, 0) is 4.79 Å². The molecule has 70 valence electrons. The van der Waals surface area contributed by atoms with Crippen molar-refractivity contribution in [2.75, 3.05) is 0 Å². The summed E-state index contributed by atoms with van der Waals surface area (Å²) < 4.78 is 0. The highest BCUT2D eigenvalue weighted by Gasteiger charge is 2.22. The fraction of sp³-hybridized carbons (Fsp3) is 0.900. The van der Waals surface area contributed by atoms with Crippen LogP contribution >= 0.6 is 0 Å². The van der Waals surface area contributed by atoms with E-state index in [1.54, 1.807) is 6.92 Å². The van der Waals surface area contributed by atoms with Gasteiger partial charge in [-0.05, 0) is 32.1 Å². The van der Waals surface area contributed by atoms with Crippen LogP contribution in [0.25, 0.3) is 0 Å². The number of hydrogen-bond acceptors (Lipinski definition) is 2. The van der Waals surface area contributed by atoms with Gasteiger partial charge in [0.05, 0.1) is 6.10 Å². The molecule has 0 bridgehead atoms. The van der Waals surface area contributed by atoms with Gasteiger partial charge in [-0.1, -0.05) is 12.8 Å². The van der Waals surface area contributed by atoms with Crippen molar-refractivity contribution in [2.45, 2.75) is 51.6 Å². The van der Waals surface area contributed by atoms with Gasteiger partial charge in [0.2, 0.25) is 0 Å². The van der Waals surface area contributed by atoms with Crippen molar-refractivity contribution in [3.63, 3.8) is 0 Å². The summed E-state index contributed by atoms with van der Waals surface area (Å²) in [6.45, 7) is 1.62. The zero-order valence-corrected chi connectivity index (χ0v) is 7.75. The molecule has 2 atom stereocenters. The Morgan fingerprint density at radius 3 is 2.67 bits per heavy atom. The van der Waals surface area contributed by atoms with E-state index in [2.05, 4.69) is 0 Å². The van der Waals surface area contributed by atoms with E-state index < -0.39 is 0 Å². The maximum absolute atomic E-state index is 10.7. The average molecular weight is 170 g/mol. The number of hydrogen-bond donors (Lipinski definition) is 1. The molecule has 0 heterocycles. The van der Waals surface area contributed by atoms with Gasteiger partial charge in [0.25, 0.3) is 0 Å². The van der Waals surface area contributed by atoms with Crippen molar-refractivity contribution in [1.29, 1.82) is 0 Å². The van der Waals surface area contributed by atoms with Gasteiger partial charge in [0, 0.05) is 6.42 Å². The molecule has 0 saturated heterocycles. The molecule has 0 aromatic carbocycles. The Morgan fingerprint density at radius 1 is 1.42 bits per heavy atom. The van der Waals surface area contributed by atoms with E-state index >= 15 is 0 Å². The summed E-state index contributed by atoms with van der Waals surface area (Å²) in [6.07, 6.45) is 5.80. The van der Waals surface area contributed by atoms with E-state index in [4.69, 9.17) is 0 Å². The number of aliphatic hydroxyl groups is 1. The number of aliphatic hydroxyl groups excluding tert-OH is 1. The molecule has 1 N–H and O–H groups in total. The average Bonchev–Trinajstić information content (AvgIpc) is 2.03. The topological polar surface area (TPSA) is 37.3 Å². The van der Waals surface area contributed by atoms with Gasteiger partial charge in [-0.2, -0.15) is 0 Å². The molecular formula is C10H18O2. The third-order valence-corrected chi connectivity index (χ3v) is 2.74. The van der Waals surface area contributed by atoms with E-state index in [1.165, 1.54) is 6.42 Å². The largest absolute Gasteiger partial charge is 0.393 e. The van der Waals surface area contributed by atoms with Crippen molar-refractivity contribution in [1.82, 2.24) is 0 Å². The molecule has 1 aliphatic carbocycles. The molecule has 1 rings (SSSR count). The van der Waals surface area contributed by atoms with Crippen LogP contribution in [0.2, 0.25) is 0 Å². The molecule has 2 unspecified atom stereocenters. The molecule has 0 aromatic rings. The molecule has 0 radical (unpaired) electrons. The van der Waals surface area contributed by atoms with Crippen molar-refractivity contribution >= 4 is 5.78 Å². The van der Waals surface area contributed by atoms with Crippen LogP contribution in [0.15, 0.2) is 0 Å². The fourth-order valence-corrected chi connectivity index (χ4v) is 1.91. The monoisotopic (exact) mass is 170 g/mol. The Hall–Kier alpha value is -0.370. The minimum absolute atomic E-state index is 0.141. The van der Waals surface area contributed by atoms with E-state index in [1.807, 2.05) is 0 Å². The summed E-state index contributed by atoms with van der Waals surface area (Å²) >= 11 is 0. The van der Waals surface area contributed by atoms with E-state index in [0.717, 1.165) is 25.7 Å². The first-order chi connectivity index (χ1) is 5.70. The normalized spacial score (nSPS) is 30.2. The van der Waals surface area contributed by atoms with Crippen LogP contribution in [0, 0.1) is 5.92 Å². The highest BCUT2D eigenvalue weighted by Crippen LogP contribution is 2.27. The molecule has 0 aliphatic heterocycles. The van der Waals surface area contributed by atoms with Gasteiger partial charge >= 0.3 is 0 Å². The third-order valence-electron chi connectivity index (χ3n) is 2.74. The Kier molecular flexibility index (Phi) is 3.73. The molecule has 12 heavy (non-hydrogen) atoms. The van der Waals surface area contributed by atoms with Gasteiger partial charge in [0.15, 0.2) is 0 Å². The lowest BCUT2D eigenvalue weighted by Crippen LogP contribution is -2.24. The van der Waals surface area contributed by atoms with E-state index in [-0.39, 0.29) is 11.9 Å². The van der Waals surface area contributed by atoms with E-state index in [9.17, 15) is 9.90 Å². The molecular weight excluding hydrogens is 152 g/mol. The van der Waals surface area contributed by atoms with Gasteiger partial charge < -0.3 is 9.90 Å². The zero-order chi connectivity index (χ0) is 8.97. The maximum Gasteiger partial charge on any atom is 0.129 e. The lowest BCUT2D eigenvalue weighted by atomic mass is 9.83. The molecule has 2 heteroatoms. The summed E-state index contributed by atoms with van der Waals surface area (Å²) in [5.41, 5.74) is 0. The Labute approximate surface area is 74.0 Å². The number of carbonyl (C=O) groups is 1. The van der Waals surface area contributed by atoms with Crippen LogP contribution in [-0.4, -0.2) is 17.0 Å². The molecule has 1 saturated carbocycles. The Morgan fingerprint density at radius 2 is 2.08 bits per heavy atom. The maximum atomic E-state index is 10.7. The van der Waals surface area contributed by atoms with Gasteiger partial charge in [-0.25, -0.2) is 0 Å². The predicted octanol–water partition coefficient (Wildman–Crippen LogP) is 1.91. The van der Waals surface area contributed by atoms with Gasteiger partial charge in [-0.3, -0.25) is 0 Å². The van der Waals surface area contributed by atoms with Crippen LogP contribution in [0.5, 0.6) is 0 Å². The number of rotatable bonds is 3. The first-order valence-corrected chi connectivity index (χ1v) is 4.87. The SMILES string of the molecule is CC(=O)CCC1CCCCC1O. The highest BCUT2D eigenvalue weighted by molar-refractivity contribution is 5.75. The molecule has 1 fully saturated rings. The predicted molar refractivity (Wildman–Crippen MR) is 47.9 cm³/mol. The quantitative estimate of drug-likeness (QED) is 0.702. The minimum Gasteiger partial charge on any atom is -0.393 e. The lowest BCUT2D eigenvalue weighted by Gasteiger charge is -2.27. The Balaban J connectivity index is 2.24. The van der Waals surface area contributed by atoms with Crippen molar-refractivity contribution in [2.24, 2.45) is 5.92 Å². The highest BCUT2D eigenvalue weighted by atomic mass is 16.3. The first-order valence-electron chi connectivity index (χ1n) is 4.87. The number of ketones is 1. The van der Waals surface area contributed by atoms with Gasteiger partial charge in [0.1, 0.15) is 5.78 Å².